The fourth-order valence-electron chi connectivity index (χ4n) is 1.01. The van der Waals surface area contributed by atoms with Crippen LogP contribution >= 0.6 is 0 Å². The minimum atomic E-state index is 0.151. The van der Waals surface area contributed by atoms with Crippen LogP contribution in [0.25, 0.3) is 0 Å². The van der Waals surface area contributed by atoms with E-state index in [4.69, 9.17) is 5.73 Å². The highest BCUT2D eigenvalue weighted by Crippen LogP contribution is 1.95. The van der Waals surface area contributed by atoms with Crippen LogP contribution in [-0.2, 0) is 4.79 Å². The van der Waals surface area contributed by atoms with E-state index < -0.39 is 0 Å². The average molecular weight is 172 g/mol. The molecule has 0 aliphatic carbocycles. The Kier molecular flexibility index (Phi) is 6.76. The molecule has 0 radical (unpaired) electrons. The van der Waals surface area contributed by atoms with Crippen molar-refractivity contribution in [3.8, 4) is 0 Å². The Balaban J connectivity index is 3.40. The molecule has 3 N–H and O–H groups in total. The fraction of sp³-hybridized carbons (Fsp3) is 0.889. The van der Waals surface area contributed by atoms with Gasteiger partial charge in [0.15, 0.2) is 0 Å². The number of nitrogens with two attached hydrogens (primary N) is 1. The smallest absolute Gasteiger partial charge is 0.220 e. The zero-order chi connectivity index (χ0) is 9.40. The first-order valence-corrected chi connectivity index (χ1v) is 4.70. The molecule has 0 aliphatic rings. The van der Waals surface area contributed by atoms with Crippen LogP contribution in [0, 0.1) is 0 Å². The quantitative estimate of drug-likeness (QED) is 0.628. The van der Waals surface area contributed by atoms with Crippen LogP contribution in [-0.4, -0.2) is 18.5 Å². The second kappa shape index (κ2) is 7.10. The van der Waals surface area contributed by atoms with Crippen LogP contribution in [0.1, 0.15) is 39.5 Å². The Morgan fingerprint density at radius 2 is 2.25 bits per heavy atom. The van der Waals surface area contributed by atoms with E-state index >= 15 is 0 Å². The Morgan fingerprint density at radius 3 is 2.75 bits per heavy atom. The van der Waals surface area contributed by atoms with Gasteiger partial charge < -0.3 is 11.1 Å². The minimum Gasteiger partial charge on any atom is -0.354 e. The van der Waals surface area contributed by atoms with E-state index in [1.165, 1.54) is 0 Å². The van der Waals surface area contributed by atoms with Crippen LogP contribution in [0.5, 0.6) is 0 Å². The molecule has 0 saturated carbocycles. The zero-order valence-corrected chi connectivity index (χ0v) is 8.10. The lowest BCUT2D eigenvalue weighted by Crippen LogP contribution is -2.33. The number of carbonyl (C=O) groups excluding carboxylic acids is 1. The van der Waals surface area contributed by atoms with E-state index in [-0.39, 0.29) is 11.9 Å². The summed E-state index contributed by atoms with van der Waals surface area (Å²) >= 11 is 0. The minimum absolute atomic E-state index is 0.151. The Labute approximate surface area is 74.7 Å². The molecule has 0 aromatic heterocycles. The average Bonchev–Trinajstić information content (AvgIpc) is 2.01. The van der Waals surface area contributed by atoms with Crippen molar-refractivity contribution in [1.82, 2.24) is 5.32 Å². The van der Waals surface area contributed by atoms with Gasteiger partial charge in [-0.15, -0.1) is 0 Å². The van der Waals surface area contributed by atoms with Gasteiger partial charge in [-0.25, -0.2) is 0 Å². The molecule has 1 amide bonds. The maximum atomic E-state index is 11.1. The van der Waals surface area contributed by atoms with Crippen molar-refractivity contribution in [3.63, 3.8) is 0 Å². The molecule has 0 aromatic rings. The number of carbonyl (C=O) groups is 1. The molecular weight excluding hydrogens is 152 g/mol. The number of nitrogens with one attached hydrogen (secondary N) is 1. The van der Waals surface area contributed by atoms with Crippen molar-refractivity contribution in [3.05, 3.63) is 0 Å². The third-order valence-corrected chi connectivity index (χ3v) is 1.76. The Bertz CT molecular complexity index is 126. The predicted molar refractivity (Wildman–Crippen MR) is 50.8 cm³/mol. The van der Waals surface area contributed by atoms with Crippen molar-refractivity contribution in [1.29, 1.82) is 0 Å². The molecule has 0 spiro atoms. The largest absolute Gasteiger partial charge is 0.354 e. The Morgan fingerprint density at radius 1 is 1.58 bits per heavy atom. The molecule has 3 nitrogen and oxygen atoms in total. The monoisotopic (exact) mass is 172 g/mol. The molecule has 72 valence electrons. The molecule has 1 atom stereocenters. The van der Waals surface area contributed by atoms with E-state index in [0.29, 0.717) is 13.0 Å². The normalized spacial score (nSPS) is 12.6. The van der Waals surface area contributed by atoms with Crippen molar-refractivity contribution in [2.45, 2.75) is 45.6 Å². The topological polar surface area (TPSA) is 55.1 Å². The summed E-state index contributed by atoms with van der Waals surface area (Å²) in [6.07, 6.45) is 3.54. The third kappa shape index (κ3) is 6.16. The lowest BCUT2D eigenvalue weighted by atomic mass is 10.2. The van der Waals surface area contributed by atoms with E-state index in [2.05, 4.69) is 12.2 Å². The molecule has 0 fully saturated rings. The molecule has 0 saturated heterocycles. The molecule has 0 heterocycles. The van der Waals surface area contributed by atoms with Gasteiger partial charge in [0.2, 0.25) is 5.91 Å². The fourth-order valence-corrected chi connectivity index (χ4v) is 1.01. The van der Waals surface area contributed by atoms with Gasteiger partial charge in [-0.05, 0) is 26.3 Å². The summed E-state index contributed by atoms with van der Waals surface area (Å²) in [7, 11) is 0. The number of amides is 1. The van der Waals surface area contributed by atoms with Gasteiger partial charge in [0, 0.05) is 12.5 Å². The third-order valence-electron chi connectivity index (χ3n) is 1.76. The summed E-state index contributed by atoms with van der Waals surface area (Å²) in [5, 5.41) is 2.90. The highest BCUT2D eigenvalue weighted by Gasteiger charge is 2.04. The molecule has 12 heavy (non-hydrogen) atoms. The first-order valence-electron chi connectivity index (χ1n) is 4.70. The molecule has 0 rings (SSSR count). The summed E-state index contributed by atoms with van der Waals surface area (Å²) in [6.45, 7) is 4.70. The van der Waals surface area contributed by atoms with Crippen molar-refractivity contribution < 1.29 is 4.79 Å². The van der Waals surface area contributed by atoms with Crippen molar-refractivity contribution in [2.24, 2.45) is 5.73 Å². The van der Waals surface area contributed by atoms with Crippen molar-refractivity contribution >= 4 is 5.91 Å². The maximum Gasteiger partial charge on any atom is 0.220 e. The molecule has 3 heteroatoms. The molecule has 0 aromatic carbocycles. The van der Waals surface area contributed by atoms with Crippen LogP contribution in [0.2, 0.25) is 0 Å². The molecule has 0 aliphatic heterocycles. The first-order chi connectivity index (χ1) is 5.70. The van der Waals surface area contributed by atoms with Crippen molar-refractivity contribution in [2.75, 3.05) is 6.54 Å². The highest BCUT2D eigenvalue weighted by molar-refractivity contribution is 5.76. The second-order valence-corrected chi connectivity index (χ2v) is 3.15. The zero-order valence-electron chi connectivity index (χ0n) is 8.10. The van der Waals surface area contributed by atoms with Gasteiger partial charge in [0.25, 0.3) is 0 Å². The SMILES string of the molecule is CCCCC(=O)NC(C)CCN. The summed E-state index contributed by atoms with van der Waals surface area (Å²) in [5.41, 5.74) is 5.35. The van der Waals surface area contributed by atoms with Gasteiger partial charge in [0.1, 0.15) is 0 Å². The number of hydrogen-bond donors (Lipinski definition) is 2. The van der Waals surface area contributed by atoms with Crippen LogP contribution < -0.4 is 11.1 Å². The molecule has 0 bridgehead atoms. The van der Waals surface area contributed by atoms with E-state index in [1.807, 2.05) is 6.92 Å². The predicted octanol–water partition coefficient (Wildman–Crippen LogP) is 1.03. The summed E-state index contributed by atoms with van der Waals surface area (Å²) in [5.74, 6) is 0.151. The summed E-state index contributed by atoms with van der Waals surface area (Å²) in [4.78, 5) is 11.1. The van der Waals surface area contributed by atoms with Gasteiger partial charge in [0.05, 0.1) is 0 Å². The van der Waals surface area contributed by atoms with Gasteiger partial charge >= 0.3 is 0 Å². The molecular formula is C9H20N2O. The molecule has 1 unspecified atom stereocenters. The van der Waals surface area contributed by atoms with Crippen LogP contribution in [0.15, 0.2) is 0 Å². The number of hydrogen-bond acceptors (Lipinski definition) is 2. The standard InChI is InChI=1S/C9H20N2O/c1-3-4-5-9(12)11-8(2)6-7-10/h8H,3-7,10H2,1-2H3,(H,11,12). The Hall–Kier alpha value is -0.570. The summed E-state index contributed by atoms with van der Waals surface area (Å²) < 4.78 is 0. The van der Waals surface area contributed by atoms with Gasteiger partial charge in [-0.1, -0.05) is 13.3 Å². The number of unbranched alkanes of at least 4 members (excludes halogenated alkanes) is 1. The first kappa shape index (κ1) is 11.4. The van der Waals surface area contributed by atoms with E-state index in [1.54, 1.807) is 0 Å². The number of rotatable bonds is 6. The van der Waals surface area contributed by atoms with Gasteiger partial charge in [-0.2, -0.15) is 0 Å². The van der Waals surface area contributed by atoms with E-state index in [0.717, 1.165) is 19.3 Å². The van der Waals surface area contributed by atoms with E-state index in [9.17, 15) is 4.79 Å². The lowest BCUT2D eigenvalue weighted by Gasteiger charge is -2.11. The van der Waals surface area contributed by atoms with Gasteiger partial charge in [-0.3, -0.25) is 4.79 Å². The lowest BCUT2D eigenvalue weighted by molar-refractivity contribution is -0.121. The van der Waals surface area contributed by atoms with Crippen LogP contribution in [0.4, 0.5) is 0 Å². The highest BCUT2D eigenvalue weighted by atomic mass is 16.1. The summed E-state index contributed by atoms with van der Waals surface area (Å²) in [6, 6.07) is 0.222. The van der Waals surface area contributed by atoms with Crippen LogP contribution in [0.3, 0.4) is 0 Å². The second-order valence-electron chi connectivity index (χ2n) is 3.15. The maximum absolute atomic E-state index is 11.1.